The van der Waals surface area contributed by atoms with Gasteiger partial charge in [-0.25, -0.2) is 0 Å². The summed E-state index contributed by atoms with van der Waals surface area (Å²) < 4.78 is 7.36. The Bertz CT molecular complexity index is 1700. The quantitative estimate of drug-likeness (QED) is 0.271. The van der Waals surface area contributed by atoms with Crippen LogP contribution in [0.1, 0.15) is 43.4 Å². The minimum absolute atomic E-state index is 0.0572. The molecule has 220 valence electrons. The van der Waals surface area contributed by atoms with Crippen molar-refractivity contribution >= 4 is 34.2 Å². The molecule has 42 heavy (non-hydrogen) atoms. The summed E-state index contributed by atoms with van der Waals surface area (Å²) in [5.41, 5.74) is 4.08. The second kappa shape index (κ2) is 11.6. The molecule has 0 unspecified atom stereocenters. The van der Waals surface area contributed by atoms with E-state index in [1.54, 1.807) is 53.7 Å². The van der Waals surface area contributed by atoms with Crippen LogP contribution >= 0.6 is 0 Å². The lowest BCUT2D eigenvalue weighted by Crippen LogP contribution is -2.47. The molecule has 0 N–H and O–H groups in total. The Balaban J connectivity index is 1.39. The Labute approximate surface area is 246 Å². The highest BCUT2D eigenvalue weighted by Crippen LogP contribution is 2.38. The molecule has 0 atom stereocenters. The van der Waals surface area contributed by atoms with Crippen LogP contribution in [-0.4, -0.2) is 52.9 Å². The summed E-state index contributed by atoms with van der Waals surface area (Å²) in [5, 5.41) is 0.594. The van der Waals surface area contributed by atoms with Gasteiger partial charge in [-0.15, -0.1) is 0 Å². The number of furan rings is 1. The third kappa shape index (κ3) is 5.48. The van der Waals surface area contributed by atoms with Gasteiger partial charge in [-0.3, -0.25) is 24.3 Å². The molecular formula is C33H39N5O4. The van der Waals surface area contributed by atoms with Crippen molar-refractivity contribution in [1.82, 2.24) is 14.5 Å². The number of carbonyl (C=O) groups excluding carboxylic acids is 2. The van der Waals surface area contributed by atoms with Crippen LogP contribution in [0.5, 0.6) is 0 Å². The van der Waals surface area contributed by atoms with Gasteiger partial charge in [0.1, 0.15) is 16.8 Å². The van der Waals surface area contributed by atoms with Crippen LogP contribution in [0.3, 0.4) is 0 Å². The molecule has 4 aromatic rings. The molecule has 9 heteroatoms. The predicted molar refractivity (Wildman–Crippen MR) is 165 cm³/mol. The van der Waals surface area contributed by atoms with E-state index in [0.717, 1.165) is 46.9 Å². The van der Waals surface area contributed by atoms with Crippen molar-refractivity contribution in [3.05, 3.63) is 87.8 Å². The van der Waals surface area contributed by atoms with Gasteiger partial charge in [-0.05, 0) is 82.5 Å². The second-order valence-corrected chi connectivity index (χ2v) is 11.6. The molecule has 0 spiro atoms. The van der Waals surface area contributed by atoms with Crippen LogP contribution in [0.15, 0.2) is 64.1 Å². The minimum Gasteiger partial charge on any atom is -0.461 e. The summed E-state index contributed by atoms with van der Waals surface area (Å²) in [7, 11) is 1.74. The molecule has 0 aliphatic carbocycles. The first-order valence-corrected chi connectivity index (χ1v) is 14.5. The van der Waals surface area contributed by atoms with Crippen LogP contribution in [-0.2, 0) is 29.1 Å². The fourth-order valence-corrected chi connectivity index (χ4v) is 5.71. The normalized spacial score (nSPS) is 15.0. The number of fused-ring (bicyclic) bond motifs is 2. The van der Waals surface area contributed by atoms with E-state index in [2.05, 4.69) is 16.0 Å². The zero-order valence-corrected chi connectivity index (χ0v) is 25.3. The SMILES string of the molecule is CCN1C(=O)C(C)(C)C(=O)N(C)c2cc(CCN(CCn3ccc4oc(C)cc4c3=O)Cc3cccnc3C)ccc21. The average molecular weight is 570 g/mol. The van der Waals surface area contributed by atoms with Crippen LogP contribution in [0.2, 0.25) is 0 Å². The maximum absolute atomic E-state index is 13.3. The number of aryl methyl sites for hydroxylation is 2. The molecule has 0 saturated heterocycles. The number of hydrogen-bond donors (Lipinski definition) is 0. The highest BCUT2D eigenvalue weighted by Gasteiger charge is 2.45. The number of aromatic nitrogens is 2. The van der Waals surface area contributed by atoms with Gasteiger partial charge in [0.25, 0.3) is 5.56 Å². The van der Waals surface area contributed by atoms with E-state index >= 15 is 0 Å². The van der Waals surface area contributed by atoms with Crippen molar-refractivity contribution in [3.63, 3.8) is 0 Å². The minimum atomic E-state index is -1.14. The summed E-state index contributed by atoms with van der Waals surface area (Å²) in [6.45, 7) is 12.3. The van der Waals surface area contributed by atoms with Gasteiger partial charge in [0.05, 0.1) is 16.8 Å². The number of anilines is 2. The van der Waals surface area contributed by atoms with E-state index in [0.29, 0.717) is 37.1 Å². The highest BCUT2D eigenvalue weighted by atomic mass is 16.3. The van der Waals surface area contributed by atoms with Crippen LogP contribution in [0.4, 0.5) is 11.4 Å². The largest absolute Gasteiger partial charge is 0.461 e. The van der Waals surface area contributed by atoms with Gasteiger partial charge in [0, 0.05) is 57.9 Å². The first kappa shape index (κ1) is 29.3. The summed E-state index contributed by atoms with van der Waals surface area (Å²) in [6.07, 6.45) is 4.32. The lowest BCUT2D eigenvalue weighted by atomic mass is 9.90. The van der Waals surface area contributed by atoms with E-state index in [9.17, 15) is 14.4 Å². The van der Waals surface area contributed by atoms with Gasteiger partial charge >= 0.3 is 0 Å². The highest BCUT2D eigenvalue weighted by molar-refractivity contribution is 6.19. The molecule has 1 aliphatic rings. The molecule has 0 bridgehead atoms. The Kier molecular flexibility index (Phi) is 8.06. The monoisotopic (exact) mass is 569 g/mol. The van der Waals surface area contributed by atoms with Crippen molar-refractivity contribution < 1.29 is 14.0 Å². The van der Waals surface area contributed by atoms with E-state index in [1.165, 1.54) is 0 Å². The molecule has 0 saturated carbocycles. The van der Waals surface area contributed by atoms with Gasteiger partial charge in [0.15, 0.2) is 0 Å². The number of pyridine rings is 2. The molecule has 9 nitrogen and oxygen atoms in total. The van der Waals surface area contributed by atoms with Gasteiger partial charge in [-0.1, -0.05) is 12.1 Å². The van der Waals surface area contributed by atoms with Gasteiger partial charge in [-0.2, -0.15) is 0 Å². The molecule has 3 aromatic heterocycles. The number of rotatable bonds is 9. The van der Waals surface area contributed by atoms with Gasteiger partial charge < -0.3 is 18.8 Å². The third-order valence-electron chi connectivity index (χ3n) is 8.29. The van der Waals surface area contributed by atoms with E-state index in [4.69, 9.17) is 4.42 Å². The van der Waals surface area contributed by atoms with E-state index < -0.39 is 5.41 Å². The van der Waals surface area contributed by atoms with Crippen molar-refractivity contribution in [1.29, 1.82) is 0 Å². The molecule has 0 fully saturated rings. The Morgan fingerprint density at radius 3 is 2.50 bits per heavy atom. The van der Waals surface area contributed by atoms with Gasteiger partial charge in [0.2, 0.25) is 11.8 Å². The van der Waals surface area contributed by atoms with Crippen molar-refractivity contribution in [2.24, 2.45) is 5.41 Å². The van der Waals surface area contributed by atoms with Crippen LogP contribution in [0.25, 0.3) is 11.0 Å². The fourth-order valence-electron chi connectivity index (χ4n) is 5.71. The third-order valence-corrected chi connectivity index (χ3v) is 8.29. The number of carbonyl (C=O) groups is 2. The Hall–Kier alpha value is -4.24. The van der Waals surface area contributed by atoms with Crippen molar-refractivity contribution in [2.45, 2.75) is 54.1 Å². The number of amides is 2. The zero-order valence-electron chi connectivity index (χ0n) is 25.3. The molecule has 2 amide bonds. The maximum Gasteiger partial charge on any atom is 0.261 e. The Morgan fingerprint density at radius 2 is 1.76 bits per heavy atom. The fraction of sp³-hybridized carbons (Fsp3) is 0.394. The summed E-state index contributed by atoms with van der Waals surface area (Å²) in [5.74, 6) is 0.313. The lowest BCUT2D eigenvalue weighted by molar-refractivity contribution is -0.137. The second-order valence-electron chi connectivity index (χ2n) is 11.6. The topological polar surface area (TPSA) is 91.9 Å². The van der Waals surface area contributed by atoms with E-state index in [1.807, 2.05) is 51.1 Å². The molecular weight excluding hydrogens is 530 g/mol. The number of hydrogen-bond acceptors (Lipinski definition) is 6. The van der Waals surface area contributed by atoms with Crippen molar-refractivity contribution in [3.8, 4) is 0 Å². The molecule has 1 aliphatic heterocycles. The predicted octanol–water partition coefficient (Wildman–Crippen LogP) is 4.71. The zero-order chi connectivity index (χ0) is 30.2. The summed E-state index contributed by atoms with van der Waals surface area (Å²) >= 11 is 0. The smallest absolute Gasteiger partial charge is 0.261 e. The summed E-state index contributed by atoms with van der Waals surface area (Å²) in [4.78, 5) is 49.7. The lowest BCUT2D eigenvalue weighted by Gasteiger charge is -2.27. The molecule has 1 aromatic carbocycles. The Morgan fingerprint density at radius 1 is 0.976 bits per heavy atom. The summed E-state index contributed by atoms with van der Waals surface area (Å²) in [6, 6.07) is 13.7. The average Bonchev–Trinajstić information content (AvgIpc) is 3.35. The maximum atomic E-state index is 13.3. The van der Waals surface area contributed by atoms with Crippen LogP contribution < -0.4 is 15.4 Å². The molecule has 0 radical (unpaired) electrons. The molecule has 5 rings (SSSR count). The number of benzene rings is 1. The van der Waals surface area contributed by atoms with E-state index in [-0.39, 0.29) is 17.4 Å². The number of nitrogens with zero attached hydrogens (tertiary/aromatic N) is 5. The standard InChI is InChI=1S/C33H39N5O4/c1-7-38-27-11-10-24(20-28(27)35(6)31(40)33(4,5)32(38)41)12-15-36(21-25-9-8-14-34-23(25)3)17-18-37-16-13-29-26(30(37)39)19-22(2)42-29/h8-11,13-14,16,19-20H,7,12,15,17-18,21H2,1-6H3. The van der Waals surface area contributed by atoms with Crippen molar-refractivity contribution in [2.75, 3.05) is 36.5 Å². The first-order chi connectivity index (χ1) is 20.0. The molecule has 4 heterocycles. The first-order valence-electron chi connectivity index (χ1n) is 14.5. The van der Waals surface area contributed by atoms with Crippen LogP contribution in [0, 0.1) is 19.3 Å².